The Hall–Kier alpha value is -0.160. The molecule has 4 heteroatoms. The lowest BCUT2D eigenvalue weighted by atomic mass is 10.0. The Kier molecular flexibility index (Phi) is 7.15. The Labute approximate surface area is 112 Å². The number of nitrogens with zero attached hydrogens (tertiary/aromatic N) is 1. The number of aliphatic hydroxyl groups excluding tert-OH is 1. The van der Waals surface area contributed by atoms with Crippen molar-refractivity contribution in [1.29, 1.82) is 0 Å². The van der Waals surface area contributed by atoms with Gasteiger partial charge in [-0.25, -0.2) is 0 Å². The molecule has 1 heterocycles. The molecule has 108 valence electrons. The molecule has 18 heavy (non-hydrogen) atoms. The molecule has 0 aromatic carbocycles. The standard InChI is InChI=1S/C14H30N2O2/c1-4-8-15-14(3,12-17)11-16(5-2)10-13-7-6-9-18-13/h13,15,17H,4-12H2,1-3H3. The third-order valence-electron chi connectivity index (χ3n) is 3.66. The van der Waals surface area contributed by atoms with Crippen molar-refractivity contribution < 1.29 is 9.84 Å². The summed E-state index contributed by atoms with van der Waals surface area (Å²) >= 11 is 0. The van der Waals surface area contributed by atoms with Crippen molar-refractivity contribution in [3.05, 3.63) is 0 Å². The van der Waals surface area contributed by atoms with Crippen LogP contribution < -0.4 is 5.32 Å². The summed E-state index contributed by atoms with van der Waals surface area (Å²) in [6.45, 7) is 11.3. The SMILES string of the molecule is CCCNC(C)(CO)CN(CC)CC1CCCO1. The number of hydrogen-bond donors (Lipinski definition) is 2. The summed E-state index contributed by atoms with van der Waals surface area (Å²) in [7, 11) is 0. The van der Waals surface area contributed by atoms with E-state index in [0.29, 0.717) is 6.10 Å². The van der Waals surface area contributed by atoms with E-state index in [1.807, 2.05) is 0 Å². The van der Waals surface area contributed by atoms with Crippen molar-refractivity contribution in [2.45, 2.75) is 51.7 Å². The molecule has 1 saturated heterocycles. The summed E-state index contributed by atoms with van der Waals surface area (Å²) in [6, 6.07) is 0. The van der Waals surface area contributed by atoms with E-state index in [0.717, 1.165) is 39.2 Å². The van der Waals surface area contributed by atoms with Gasteiger partial charge in [0.25, 0.3) is 0 Å². The molecule has 2 N–H and O–H groups in total. The lowest BCUT2D eigenvalue weighted by molar-refractivity contribution is 0.0549. The molecule has 0 bridgehead atoms. The van der Waals surface area contributed by atoms with Crippen LogP contribution in [0.5, 0.6) is 0 Å². The van der Waals surface area contributed by atoms with Crippen LogP contribution in [0.25, 0.3) is 0 Å². The Morgan fingerprint density at radius 2 is 2.22 bits per heavy atom. The van der Waals surface area contributed by atoms with E-state index >= 15 is 0 Å². The quantitative estimate of drug-likeness (QED) is 0.653. The first-order valence-electron chi connectivity index (χ1n) is 7.33. The second-order valence-electron chi connectivity index (χ2n) is 5.61. The number of ether oxygens (including phenoxy) is 1. The minimum Gasteiger partial charge on any atom is -0.394 e. The monoisotopic (exact) mass is 258 g/mol. The fourth-order valence-electron chi connectivity index (χ4n) is 2.46. The zero-order valence-corrected chi connectivity index (χ0v) is 12.2. The Morgan fingerprint density at radius 3 is 2.72 bits per heavy atom. The van der Waals surface area contributed by atoms with Crippen LogP contribution in [0.1, 0.15) is 40.0 Å². The first kappa shape index (κ1) is 15.9. The summed E-state index contributed by atoms with van der Waals surface area (Å²) in [5.41, 5.74) is -0.204. The molecule has 0 amide bonds. The summed E-state index contributed by atoms with van der Waals surface area (Å²) in [6.07, 6.45) is 3.84. The lowest BCUT2D eigenvalue weighted by Gasteiger charge is -2.35. The highest BCUT2D eigenvalue weighted by molar-refractivity contribution is 4.86. The maximum Gasteiger partial charge on any atom is 0.0702 e. The predicted molar refractivity (Wildman–Crippen MR) is 74.9 cm³/mol. The first-order valence-corrected chi connectivity index (χ1v) is 7.33. The molecular formula is C14H30N2O2. The Bertz CT molecular complexity index is 220. The van der Waals surface area contributed by atoms with Gasteiger partial charge in [0.05, 0.1) is 18.2 Å². The van der Waals surface area contributed by atoms with Crippen molar-refractivity contribution >= 4 is 0 Å². The van der Waals surface area contributed by atoms with Crippen LogP contribution in [0.2, 0.25) is 0 Å². The Morgan fingerprint density at radius 1 is 1.44 bits per heavy atom. The van der Waals surface area contributed by atoms with Gasteiger partial charge < -0.3 is 15.2 Å². The minimum atomic E-state index is -0.204. The van der Waals surface area contributed by atoms with Crippen LogP contribution in [-0.4, -0.2) is 61.0 Å². The van der Waals surface area contributed by atoms with Gasteiger partial charge in [-0.2, -0.15) is 0 Å². The van der Waals surface area contributed by atoms with Crippen molar-refractivity contribution in [1.82, 2.24) is 10.2 Å². The molecule has 0 aromatic heterocycles. The lowest BCUT2D eigenvalue weighted by Crippen LogP contribution is -2.55. The summed E-state index contributed by atoms with van der Waals surface area (Å²) < 4.78 is 5.69. The smallest absolute Gasteiger partial charge is 0.0702 e. The van der Waals surface area contributed by atoms with Crippen molar-refractivity contribution in [2.75, 3.05) is 39.4 Å². The third kappa shape index (κ3) is 5.22. The fourth-order valence-corrected chi connectivity index (χ4v) is 2.46. The van der Waals surface area contributed by atoms with E-state index in [2.05, 4.69) is 31.0 Å². The zero-order valence-electron chi connectivity index (χ0n) is 12.2. The molecule has 0 saturated carbocycles. The maximum atomic E-state index is 9.60. The van der Waals surface area contributed by atoms with Gasteiger partial charge in [-0.05, 0) is 39.3 Å². The molecule has 2 unspecified atom stereocenters. The van der Waals surface area contributed by atoms with Gasteiger partial charge >= 0.3 is 0 Å². The number of hydrogen-bond acceptors (Lipinski definition) is 4. The van der Waals surface area contributed by atoms with Crippen molar-refractivity contribution in [3.8, 4) is 0 Å². The molecule has 1 rings (SSSR count). The molecule has 2 atom stereocenters. The molecule has 1 aliphatic heterocycles. The van der Waals surface area contributed by atoms with Gasteiger partial charge in [0.15, 0.2) is 0 Å². The number of nitrogens with one attached hydrogen (secondary N) is 1. The highest BCUT2D eigenvalue weighted by Gasteiger charge is 2.27. The van der Waals surface area contributed by atoms with Gasteiger partial charge in [-0.3, -0.25) is 4.90 Å². The average Bonchev–Trinajstić information content (AvgIpc) is 2.88. The van der Waals surface area contributed by atoms with Crippen LogP contribution in [0, 0.1) is 0 Å². The van der Waals surface area contributed by atoms with Gasteiger partial charge in [0.2, 0.25) is 0 Å². The molecule has 0 aromatic rings. The molecule has 0 aliphatic carbocycles. The van der Waals surface area contributed by atoms with Crippen LogP contribution in [0.4, 0.5) is 0 Å². The number of aliphatic hydroxyl groups is 1. The first-order chi connectivity index (χ1) is 8.63. The topological polar surface area (TPSA) is 44.7 Å². The normalized spacial score (nSPS) is 23.5. The maximum absolute atomic E-state index is 9.60. The van der Waals surface area contributed by atoms with Crippen LogP contribution in [-0.2, 0) is 4.74 Å². The molecule has 0 spiro atoms. The highest BCUT2D eigenvalue weighted by atomic mass is 16.5. The zero-order chi connectivity index (χ0) is 13.4. The highest BCUT2D eigenvalue weighted by Crippen LogP contribution is 2.15. The molecular weight excluding hydrogens is 228 g/mol. The van der Waals surface area contributed by atoms with E-state index in [-0.39, 0.29) is 12.1 Å². The van der Waals surface area contributed by atoms with E-state index < -0.39 is 0 Å². The van der Waals surface area contributed by atoms with Gasteiger partial charge in [0.1, 0.15) is 0 Å². The summed E-state index contributed by atoms with van der Waals surface area (Å²) in [4.78, 5) is 2.38. The van der Waals surface area contributed by atoms with E-state index in [1.165, 1.54) is 12.8 Å². The van der Waals surface area contributed by atoms with E-state index in [9.17, 15) is 5.11 Å². The summed E-state index contributed by atoms with van der Waals surface area (Å²) in [5.74, 6) is 0. The van der Waals surface area contributed by atoms with Crippen LogP contribution in [0.15, 0.2) is 0 Å². The Balaban J connectivity index is 2.42. The second kappa shape index (κ2) is 8.10. The summed E-state index contributed by atoms with van der Waals surface area (Å²) in [5, 5.41) is 13.0. The predicted octanol–water partition coefficient (Wildman–Crippen LogP) is 1.24. The largest absolute Gasteiger partial charge is 0.394 e. The van der Waals surface area contributed by atoms with Crippen molar-refractivity contribution in [2.24, 2.45) is 0 Å². The van der Waals surface area contributed by atoms with E-state index in [1.54, 1.807) is 0 Å². The second-order valence-corrected chi connectivity index (χ2v) is 5.61. The molecule has 0 radical (unpaired) electrons. The van der Waals surface area contributed by atoms with Crippen LogP contribution >= 0.6 is 0 Å². The third-order valence-corrected chi connectivity index (χ3v) is 3.66. The molecule has 1 fully saturated rings. The van der Waals surface area contributed by atoms with Gasteiger partial charge in [-0.1, -0.05) is 13.8 Å². The van der Waals surface area contributed by atoms with Crippen LogP contribution in [0.3, 0.4) is 0 Å². The minimum absolute atomic E-state index is 0.176. The van der Waals surface area contributed by atoms with Crippen molar-refractivity contribution in [3.63, 3.8) is 0 Å². The molecule has 4 nitrogen and oxygen atoms in total. The fraction of sp³-hybridized carbons (Fsp3) is 1.00. The van der Waals surface area contributed by atoms with Gasteiger partial charge in [0, 0.05) is 19.7 Å². The van der Waals surface area contributed by atoms with Gasteiger partial charge in [-0.15, -0.1) is 0 Å². The number of likely N-dealkylation sites (N-methyl/N-ethyl adjacent to an activating group) is 1. The number of rotatable bonds is 9. The van der Waals surface area contributed by atoms with E-state index in [4.69, 9.17) is 4.74 Å². The average molecular weight is 258 g/mol. The molecule has 1 aliphatic rings.